The molecule has 0 unspecified atom stereocenters. The van der Waals surface area contributed by atoms with Crippen molar-refractivity contribution in [3.05, 3.63) is 0 Å². The molecule has 0 radical (unpaired) electrons. The normalized spacial score (nSPS) is 35.5. The summed E-state index contributed by atoms with van der Waals surface area (Å²) in [6.45, 7) is 8.60. The molecule has 2 rings (SSSR count). The van der Waals surface area contributed by atoms with E-state index in [0.717, 1.165) is 19.3 Å². The van der Waals surface area contributed by atoms with E-state index >= 15 is 0 Å². The third-order valence-electron chi connectivity index (χ3n) is 4.76. The second-order valence-electron chi connectivity index (χ2n) is 7.12. The fourth-order valence-electron chi connectivity index (χ4n) is 2.95. The number of esters is 1. The smallest absolute Gasteiger partial charge is 0.338 e. The van der Waals surface area contributed by atoms with Crippen molar-refractivity contribution in [3.63, 3.8) is 0 Å². The lowest BCUT2D eigenvalue weighted by Crippen LogP contribution is -2.19. The van der Waals surface area contributed by atoms with E-state index in [0.29, 0.717) is 12.0 Å². The van der Waals surface area contributed by atoms with Gasteiger partial charge in [0.2, 0.25) is 0 Å². The summed E-state index contributed by atoms with van der Waals surface area (Å²) in [5, 5.41) is 0. The van der Waals surface area contributed by atoms with Gasteiger partial charge in [0, 0.05) is 0 Å². The standard InChI is InChI=1S/C16H28O4/c1-11(8-9-12-15(2,3)19-12)7-6-10-16(4)13(20-16)14(17)18-5/h11-13H,6-10H2,1-5H3/t11-,12-,13-,16-/m0/s1. The number of hydrogen-bond acceptors (Lipinski definition) is 4. The van der Waals surface area contributed by atoms with Crippen molar-refractivity contribution in [2.24, 2.45) is 5.92 Å². The van der Waals surface area contributed by atoms with Crippen LogP contribution in [0.4, 0.5) is 0 Å². The van der Waals surface area contributed by atoms with Crippen LogP contribution in [0.15, 0.2) is 0 Å². The summed E-state index contributed by atoms with van der Waals surface area (Å²) in [5.41, 5.74) is -0.169. The fraction of sp³-hybridized carbons (Fsp3) is 0.938. The minimum Gasteiger partial charge on any atom is -0.467 e. The zero-order valence-electron chi connectivity index (χ0n) is 13.4. The van der Waals surface area contributed by atoms with E-state index in [9.17, 15) is 4.79 Å². The number of methoxy groups -OCH3 is 1. The van der Waals surface area contributed by atoms with E-state index in [2.05, 4.69) is 20.8 Å². The topological polar surface area (TPSA) is 51.4 Å². The van der Waals surface area contributed by atoms with Gasteiger partial charge in [-0.1, -0.05) is 19.8 Å². The summed E-state index contributed by atoms with van der Waals surface area (Å²) < 4.78 is 15.8. The Morgan fingerprint density at radius 2 is 1.90 bits per heavy atom. The first-order valence-electron chi connectivity index (χ1n) is 7.72. The molecule has 4 heteroatoms. The molecular formula is C16H28O4. The van der Waals surface area contributed by atoms with Crippen molar-refractivity contribution in [3.8, 4) is 0 Å². The minimum absolute atomic E-state index is 0.114. The molecule has 2 aliphatic rings. The third kappa shape index (κ3) is 3.73. The van der Waals surface area contributed by atoms with Gasteiger partial charge >= 0.3 is 5.97 Å². The Morgan fingerprint density at radius 3 is 2.45 bits per heavy atom. The van der Waals surface area contributed by atoms with E-state index in [1.54, 1.807) is 0 Å². The minimum atomic E-state index is -0.344. The highest BCUT2D eigenvalue weighted by molar-refractivity contribution is 5.79. The predicted molar refractivity (Wildman–Crippen MR) is 76.5 cm³/mol. The van der Waals surface area contributed by atoms with Crippen LogP contribution in [0.25, 0.3) is 0 Å². The molecule has 0 aliphatic carbocycles. The van der Waals surface area contributed by atoms with Crippen LogP contribution < -0.4 is 0 Å². The van der Waals surface area contributed by atoms with Gasteiger partial charge in [0.25, 0.3) is 0 Å². The van der Waals surface area contributed by atoms with Crippen molar-refractivity contribution in [2.75, 3.05) is 7.11 Å². The number of epoxide rings is 2. The van der Waals surface area contributed by atoms with Gasteiger partial charge < -0.3 is 14.2 Å². The highest BCUT2D eigenvalue weighted by Gasteiger charge is 2.57. The van der Waals surface area contributed by atoms with Crippen molar-refractivity contribution in [2.45, 2.75) is 83.2 Å². The summed E-state index contributed by atoms with van der Waals surface area (Å²) in [4.78, 5) is 11.4. The lowest BCUT2D eigenvalue weighted by Gasteiger charge is -2.12. The quantitative estimate of drug-likeness (QED) is 0.508. The Kier molecular flexibility index (Phi) is 4.45. The van der Waals surface area contributed by atoms with Crippen molar-refractivity contribution < 1.29 is 19.0 Å². The Labute approximate surface area is 122 Å². The first kappa shape index (κ1) is 15.8. The van der Waals surface area contributed by atoms with E-state index in [4.69, 9.17) is 14.2 Å². The van der Waals surface area contributed by atoms with Gasteiger partial charge in [0.05, 0.1) is 18.8 Å². The second-order valence-corrected chi connectivity index (χ2v) is 7.12. The van der Waals surface area contributed by atoms with Crippen LogP contribution in [0.2, 0.25) is 0 Å². The molecule has 2 saturated heterocycles. The number of carbonyl (C=O) groups excluding carboxylic acids is 1. The van der Waals surface area contributed by atoms with Crippen molar-refractivity contribution in [1.29, 1.82) is 0 Å². The summed E-state index contributed by atoms with van der Waals surface area (Å²) in [6, 6.07) is 0. The third-order valence-corrected chi connectivity index (χ3v) is 4.76. The predicted octanol–water partition coefficient (Wildman–Crippen LogP) is 3.08. The Hall–Kier alpha value is -0.610. The van der Waals surface area contributed by atoms with Gasteiger partial charge in [0.15, 0.2) is 6.10 Å². The van der Waals surface area contributed by atoms with E-state index < -0.39 is 0 Å². The van der Waals surface area contributed by atoms with Crippen LogP contribution in [0.5, 0.6) is 0 Å². The Balaban J connectivity index is 1.56. The zero-order valence-corrected chi connectivity index (χ0v) is 13.4. The lowest BCUT2D eigenvalue weighted by atomic mass is 9.92. The maximum atomic E-state index is 11.4. The SMILES string of the molecule is COC(=O)[C@@H]1O[C@@]1(C)CCC[C@H](C)CC[C@@H]1OC1(C)C. The molecule has 2 fully saturated rings. The number of hydrogen-bond donors (Lipinski definition) is 0. The zero-order chi connectivity index (χ0) is 15.0. The highest BCUT2D eigenvalue weighted by atomic mass is 16.6. The van der Waals surface area contributed by atoms with E-state index in [1.807, 2.05) is 6.92 Å². The first-order chi connectivity index (χ1) is 9.28. The Bertz CT molecular complexity index is 365. The highest BCUT2D eigenvalue weighted by Crippen LogP contribution is 2.42. The molecule has 4 nitrogen and oxygen atoms in total. The van der Waals surface area contributed by atoms with Crippen LogP contribution in [0.1, 0.15) is 59.8 Å². The molecule has 0 aromatic rings. The van der Waals surface area contributed by atoms with Crippen LogP contribution >= 0.6 is 0 Å². The molecule has 0 amide bonds. The summed E-state index contributed by atoms with van der Waals surface area (Å²) in [6.07, 6.45) is 5.70. The molecule has 2 aliphatic heterocycles. The van der Waals surface area contributed by atoms with Gasteiger partial charge in [-0.05, 0) is 46.0 Å². The van der Waals surface area contributed by atoms with Crippen LogP contribution in [0, 0.1) is 5.92 Å². The molecule has 0 saturated carbocycles. The molecule has 20 heavy (non-hydrogen) atoms. The van der Waals surface area contributed by atoms with Gasteiger partial charge in [0.1, 0.15) is 5.60 Å². The average molecular weight is 284 g/mol. The summed E-state index contributed by atoms with van der Waals surface area (Å²) in [5.74, 6) is 0.461. The van der Waals surface area contributed by atoms with Crippen LogP contribution in [-0.4, -0.2) is 36.5 Å². The molecule has 4 atom stereocenters. The first-order valence-corrected chi connectivity index (χ1v) is 7.72. The van der Waals surface area contributed by atoms with Gasteiger partial charge in [-0.2, -0.15) is 0 Å². The molecule has 0 spiro atoms. The van der Waals surface area contributed by atoms with Gasteiger partial charge in [-0.3, -0.25) is 0 Å². The number of rotatable bonds is 8. The number of ether oxygens (including phenoxy) is 3. The second kappa shape index (κ2) is 5.64. The summed E-state index contributed by atoms with van der Waals surface area (Å²) in [7, 11) is 1.41. The Morgan fingerprint density at radius 1 is 1.25 bits per heavy atom. The van der Waals surface area contributed by atoms with Crippen molar-refractivity contribution >= 4 is 5.97 Å². The van der Waals surface area contributed by atoms with Crippen LogP contribution in [-0.2, 0) is 19.0 Å². The number of carbonyl (C=O) groups is 1. The van der Waals surface area contributed by atoms with E-state index in [1.165, 1.54) is 20.0 Å². The van der Waals surface area contributed by atoms with Gasteiger partial charge in [-0.25, -0.2) is 4.79 Å². The average Bonchev–Trinajstić information content (AvgIpc) is 3.22. The molecular weight excluding hydrogens is 256 g/mol. The maximum absolute atomic E-state index is 11.4. The summed E-state index contributed by atoms with van der Waals surface area (Å²) >= 11 is 0. The van der Waals surface area contributed by atoms with Crippen LogP contribution in [0.3, 0.4) is 0 Å². The fourth-order valence-corrected chi connectivity index (χ4v) is 2.95. The van der Waals surface area contributed by atoms with E-state index in [-0.39, 0.29) is 23.3 Å². The molecule has 0 aromatic heterocycles. The monoisotopic (exact) mass is 284 g/mol. The molecule has 0 N–H and O–H groups in total. The molecule has 0 aromatic carbocycles. The lowest BCUT2D eigenvalue weighted by molar-refractivity contribution is -0.142. The largest absolute Gasteiger partial charge is 0.467 e. The molecule has 2 heterocycles. The molecule has 0 bridgehead atoms. The van der Waals surface area contributed by atoms with Gasteiger partial charge in [-0.15, -0.1) is 0 Å². The van der Waals surface area contributed by atoms with Crippen molar-refractivity contribution in [1.82, 2.24) is 0 Å². The molecule has 116 valence electrons. The maximum Gasteiger partial charge on any atom is 0.338 e.